The molecule has 2 aromatic heterocycles. The Morgan fingerprint density at radius 1 is 1.12 bits per heavy atom. The zero-order valence-corrected chi connectivity index (χ0v) is 14.2. The summed E-state index contributed by atoms with van der Waals surface area (Å²) in [6.45, 7) is 1.95. The summed E-state index contributed by atoms with van der Waals surface area (Å²) < 4.78 is 0. The molecule has 2 heterocycles. The number of hydrogen-bond donors (Lipinski definition) is 1. The maximum atomic E-state index is 12.1. The van der Waals surface area contributed by atoms with Crippen LogP contribution in [0.1, 0.15) is 23.4 Å². The number of benzene rings is 1. The lowest BCUT2D eigenvalue weighted by atomic mass is 10.1. The maximum Gasteiger partial charge on any atom is 0.244 e. The summed E-state index contributed by atoms with van der Waals surface area (Å²) >= 11 is 1.67. The third-order valence-electron chi connectivity index (χ3n) is 3.63. The fourth-order valence-electron chi connectivity index (χ4n) is 2.33. The molecule has 0 radical (unpaired) electrons. The van der Waals surface area contributed by atoms with Crippen molar-refractivity contribution in [2.75, 3.05) is 0 Å². The molecule has 0 saturated carbocycles. The number of carbonyl (C=O) groups excluding carboxylic acids is 1. The number of thiophene rings is 1. The van der Waals surface area contributed by atoms with E-state index < -0.39 is 0 Å². The van der Waals surface area contributed by atoms with Gasteiger partial charge >= 0.3 is 0 Å². The monoisotopic (exact) mass is 334 g/mol. The number of pyridine rings is 1. The fraction of sp³-hybridized carbons (Fsp3) is 0.100. The van der Waals surface area contributed by atoms with Crippen molar-refractivity contribution < 1.29 is 4.79 Å². The minimum atomic E-state index is -0.110. The Bertz CT molecular complexity index is 825. The highest BCUT2D eigenvalue weighted by atomic mass is 32.1. The number of nitrogens with one attached hydrogen (secondary N) is 1. The quantitative estimate of drug-likeness (QED) is 0.687. The summed E-state index contributed by atoms with van der Waals surface area (Å²) in [4.78, 5) is 18.4. The molecule has 1 aromatic carbocycles. The van der Waals surface area contributed by atoms with Crippen LogP contribution < -0.4 is 5.32 Å². The molecule has 0 fully saturated rings. The van der Waals surface area contributed by atoms with Crippen molar-refractivity contribution in [3.63, 3.8) is 0 Å². The number of aromatic nitrogens is 1. The van der Waals surface area contributed by atoms with Gasteiger partial charge in [-0.15, -0.1) is 11.3 Å². The van der Waals surface area contributed by atoms with Crippen molar-refractivity contribution in [3.05, 3.63) is 83.5 Å². The van der Waals surface area contributed by atoms with E-state index in [1.54, 1.807) is 29.8 Å². The van der Waals surface area contributed by atoms with Crippen LogP contribution in [-0.2, 0) is 4.79 Å². The van der Waals surface area contributed by atoms with Gasteiger partial charge in [0.2, 0.25) is 5.91 Å². The number of hydrogen-bond acceptors (Lipinski definition) is 3. The molecule has 0 aliphatic heterocycles. The Morgan fingerprint density at radius 3 is 2.71 bits per heavy atom. The van der Waals surface area contributed by atoms with E-state index in [0.29, 0.717) is 0 Å². The van der Waals surface area contributed by atoms with Crippen LogP contribution in [0, 0.1) is 0 Å². The first kappa shape index (κ1) is 16.1. The molecule has 0 aliphatic rings. The van der Waals surface area contributed by atoms with E-state index in [9.17, 15) is 4.79 Å². The maximum absolute atomic E-state index is 12.1. The summed E-state index contributed by atoms with van der Waals surface area (Å²) in [5.74, 6) is -0.110. The molecule has 4 heteroatoms. The van der Waals surface area contributed by atoms with Crippen LogP contribution in [0.5, 0.6) is 0 Å². The minimum absolute atomic E-state index is 0.0703. The van der Waals surface area contributed by atoms with Gasteiger partial charge in [-0.3, -0.25) is 9.78 Å². The second kappa shape index (κ2) is 7.70. The largest absolute Gasteiger partial charge is 0.346 e. The van der Waals surface area contributed by atoms with E-state index >= 15 is 0 Å². The smallest absolute Gasteiger partial charge is 0.244 e. The Hall–Kier alpha value is -2.72. The molecule has 3 nitrogen and oxygen atoms in total. The van der Waals surface area contributed by atoms with E-state index in [1.807, 2.05) is 49.4 Å². The van der Waals surface area contributed by atoms with E-state index in [1.165, 1.54) is 10.4 Å². The summed E-state index contributed by atoms with van der Waals surface area (Å²) in [6, 6.07) is 18.1. The Morgan fingerprint density at radius 2 is 1.96 bits per heavy atom. The van der Waals surface area contributed by atoms with Gasteiger partial charge in [-0.1, -0.05) is 36.4 Å². The van der Waals surface area contributed by atoms with Crippen LogP contribution in [0.15, 0.2) is 73.1 Å². The highest BCUT2D eigenvalue weighted by Crippen LogP contribution is 2.28. The lowest BCUT2D eigenvalue weighted by molar-refractivity contribution is -0.117. The van der Waals surface area contributed by atoms with Crippen molar-refractivity contribution in [1.29, 1.82) is 0 Å². The van der Waals surface area contributed by atoms with Crippen LogP contribution in [0.4, 0.5) is 0 Å². The summed E-state index contributed by atoms with van der Waals surface area (Å²) in [5, 5.41) is 2.94. The van der Waals surface area contributed by atoms with E-state index in [2.05, 4.69) is 28.5 Å². The van der Waals surface area contributed by atoms with Gasteiger partial charge < -0.3 is 5.32 Å². The van der Waals surface area contributed by atoms with Gasteiger partial charge in [0.15, 0.2) is 0 Å². The van der Waals surface area contributed by atoms with Crippen molar-refractivity contribution in [1.82, 2.24) is 10.3 Å². The van der Waals surface area contributed by atoms with Crippen LogP contribution in [0.25, 0.3) is 16.5 Å². The Balaban J connectivity index is 1.62. The predicted octanol–water partition coefficient (Wildman–Crippen LogP) is 4.70. The molecule has 1 amide bonds. The van der Waals surface area contributed by atoms with Gasteiger partial charge in [0, 0.05) is 28.2 Å². The third-order valence-corrected chi connectivity index (χ3v) is 4.73. The van der Waals surface area contributed by atoms with E-state index in [0.717, 1.165) is 10.4 Å². The van der Waals surface area contributed by atoms with Gasteiger partial charge in [-0.05, 0) is 42.3 Å². The summed E-state index contributed by atoms with van der Waals surface area (Å²) in [5.41, 5.74) is 2.18. The molecule has 0 bridgehead atoms. The number of nitrogens with zero attached hydrogens (tertiary/aromatic N) is 1. The average Bonchev–Trinajstić information content (AvgIpc) is 3.10. The third kappa shape index (κ3) is 4.18. The topological polar surface area (TPSA) is 42.0 Å². The van der Waals surface area contributed by atoms with Crippen molar-refractivity contribution in [2.45, 2.75) is 13.0 Å². The molecule has 1 unspecified atom stereocenters. The molecular weight excluding hydrogens is 316 g/mol. The van der Waals surface area contributed by atoms with E-state index in [-0.39, 0.29) is 11.9 Å². The van der Waals surface area contributed by atoms with Gasteiger partial charge in [-0.2, -0.15) is 0 Å². The zero-order chi connectivity index (χ0) is 16.8. The Labute approximate surface area is 145 Å². The second-order valence-corrected chi connectivity index (χ2v) is 6.53. The van der Waals surface area contributed by atoms with Gasteiger partial charge in [0.25, 0.3) is 0 Å². The fourth-order valence-corrected chi connectivity index (χ4v) is 3.25. The number of rotatable bonds is 5. The van der Waals surface area contributed by atoms with Crippen LogP contribution in [0.2, 0.25) is 0 Å². The molecule has 3 rings (SSSR count). The first-order valence-corrected chi connectivity index (χ1v) is 8.58. The molecule has 1 N–H and O–H groups in total. The predicted molar refractivity (Wildman–Crippen MR) is 99.6 cm³/mol. The lowest BCUT2D eigenvalue weighted by Gasteiger charge is -2.11. The van der Waals surface area contributed by atoms with Crippen LogP contribution in [-0.4, -0.2) is 10.9 Å². The van der Waals surface area contributed by atoms with Crippen molar-refractivity contribution >= 4 is 23.3 Å². The Kier molecular flexibility index (Phi) is 5.18. The molecular formula is C20H18N2OS. The van der Waals surface area contributed by atoms with Crippen molar-refractivity contribution in [3.8, 4) is 10.4 Å². The first-order valence-electron chi connectivity index (χ1n) is 7.76. The average molecular weight is 334 g/mol. The SMILES string of the molecule is CC(NC(=O)/C=C/c1ccc(-c2ccccc2)s1)c1cccnc1. The highest BCUT2D eigenvalue weighted by Gasteiger charge is 2.07. The first-order chi connectivity index (χ1) is 11.7. The molecule has 0 saturated heterocycles. The van der Waals surface area contributed by atoms with Gasteiger partial charge in [0.05, 0.1) is 6.04 Å². The summed E-state index contributed by atoms with van der Waals surface area (Å²) in [6.07, 6.45) is 6.91. The number of carbonyl (C=O) groups is 1. The van der Waals surface area contributed by atoms with Crippen LogP contribution in [0.3, 0.4) is 0 Å². The molecule has 0 aliphatic carbocycles. The lowest BCUT2D eigenvalue weighted by Crippen LogP contribution is -2.24. The number of amides is 1. The summed E-state index contributed by atoms with van der Waals surface area (Å²) in [7, 11) is 0. The molecule has 24 heavy (non-hydrogen) atoms. The normalized spacial score (nSPS) is 12.2. The molecule has 1 atom stereocenters. The van der Waals surface area contributed by atoms with E-state index in [4.69, 9.17) is 0 Å². The standard InChI is InChI=1S/C20H18N2OS/c1-15(17-8-5-13-21-14-17)22-20(23)12-10-18-9-11-19(24-18)16-6-3-2-4-7-16/h2-15H,1H3,(H,22,23)/b12-10+. The molecule has 3 aromatic rings. The second-order valence-electron chi connectivity index (χ2n) is 5.42. The van der Waals surface area contributed by atoms with Crippen molar-refractivity contribution in [2.24, 2.45) is 0 Å². The molecule has 120 valence electrons. The highest BCUT2D eigenvalue weighted by molar-refractivity contribution is 7.16. The van der Waals surface area contributed by atoms with Gasteiger partial charge in [0.1, 0.15) is 0 Å². The van der Waals surface area contributed by atoms with Crippen LogP contribution >= 0.6 is 11.3 Å². The minimum Gasteiger partial charge on any atom is -0.346 e. The van der Waals surface area contributed by atoms with Gasteiger partial charge in [-0.25, -0.2) is 0 Å². The molecule has 0 spiro atoms. The zero-order valence-electron chi connectivity index (χ0n) is 13.3.